The Labute approximate surface area is 137 Å². The molecule has 0 amide bonds. The molecule has 0 rings (SSSR count). The topological polar surface area (TPSA) is 35.5 Å². The minimum absolute atomic E-state index is 0.0442. The normalized spacial score (nSPS) is 13.4. The largest absolute Gasteiger partial charge is 0.395 e. The van der Waals surface area contributed by atoms with E-state index >= 15 is 0 Å². The van der Waals surface area contributed by atoms with Crippen molar-refractivity contribution in [2.75, 3.05) is 13.2 Å². The lowest BCUT2D eigenvalue weighted by Crippen LogP contribution is -2.38. The predicted octanol–water partition coefficient (Wildman–Crippen LogP) is 4.95. The Bertz CT molecular complexity index is 268. The highest BCUT2D eigenvalue weighted by atomic mass is 32.1. The maximum absolute atomic E-state index is 11.6. The Morgan fingerprint density at radius 2 is 1.57 bits per heavy atom. The Kier molecular flexibility index (Phi) is 12.8. The Balaban J connectivity index is 4.13. The monoisotopic (exact) mass is 334 g/mol. The first-order valence-electron chi connectivity index (χ1n) is 8.49. The fourth-order valence-corrected chi connectivity index (χ4v) is 5.37. The number of carbonyl (C=O) groups is 1. The molecule has 0 heterocycles. The molecule has 126 valence electrons. The first kappa shape index (κ1) is 21.2. The lowest BCUT2D eigenvalue weighted by Gasteiger charge is -2.26. The minimum atomic E-state index is -2.03. The third kappa shape index (κ3) is 10.5. The summed E-state index contributed by atoms with van der Waals surface area (Å²) in [7, 11) is -2.03. The fourth-order valence-electron chi connectivity index (χ4n) is 2.68. The molecule has 0 aliphatic heterocycles. The predicted molar refractivity (Wildman–Crippen MR) is 95.2 cm³/mol. The molecule has 0 spiro atoms. The quantitative estimate of drug-likeness (QED) is 0.277. The second-order valence-corrected chi connectivity index (χ2v) is 9.56. The summed E-state index contributed by atoms with van der Waals surface area (Å²) in [5.74, 6) is 0.103. The van der Waals surface area contributed by atoms with Gasteiger partial charge >= 0.3 is 8.56 Å². The van der Waals surface area contributed by atoms with Gasteiger partial charge in [0.2, 0.25) is 0 Å². The molecule has 0 saturated carbocycles. The van der Waals surface area contributed by atoms with Crippen LogP contribution in [0.2, 0.25) is 12.6 Å². The highest BCUT2D eigenvalue weighted by Crippen LogP contribution is 2.24. The Morgan fingerprint density at radius 3 is 2.05 bits per heavy atom. The molecule has 0 aliphatic rings. The first-order valence-corrected chi connectivity index (χ1v) is 11.5. The third-order valence-corrected chi connectivity index (χ3v) is 7.26. The lowest BCUT2D eigenvalue weighted by atomic mass is 9.97. The molecule has 0 saturated heterocycles. The van der Waals surface area contributed by atoms with Crippen LogP contribution in [0.1, 0.15) is 65.7 Å². The number of hydrogen-bond acceptors (Lipinski definition) is 3. The number of hydrogen-bond donors (Lipinski definition) is 1. The molecule has 0 aromatic carbocycles. The highest BCUT2D eigenvalue weighted by molar-refractivity contribution is 7.96. The van der Waals surface area contributed by atoms with Crippen LogP contribution in [0.15, 0.2) is 0 Å². The maximum Gasteiger partial charge on any atom is 0.334 e. The number of unbranched alkanes of at least 4 members (excludes halogenated alkanes) is 3. The van der Waals surface area contributed by atoms with E-state index in [0.29, 0.717) is 13.2 Å². The maximum atomic E-state index is 11.6. The van der Waals surface area contributed by atoms with Gasteiger partial charge in [0.1, 0.15) is 0 Å². The van der Waals surface area contributed by atoms with Crippen LogP contribution in [0.3, 0.4) is 0 Å². The average Bonchev–Trinajstić information content (AvgIpc) is 2.41. The summed E-state index contributed by atoms with van der Waals surface area (Å²) in [5, 5.41) is 0.0442. The van der Waals surface area contributed by atoms with Crippen molar-refractivity contribution in [3.63, 3.8) is 0 Å². The van der Waals surface area contributed by atoms with Crippen LogP contribution in [-0.4, -0.2) is 26.9 Å². The molecule has 0 radical (unpaired) electrons. The second kappa shape index (κ2) is 12.7. The van der Waals surface area contributed by atoms with Crippen molar-refractivity contribution in [2.45, 2.75) is 78.3 Å². The molecule has 1 atom stereocenters. The molecule has 0 aromatic rings. The van der Waals surface area contributed by atoms with Gasteiger partial charge in [-0.15, -0.1) is 12.6 Å². The first-order chi connectivity index (χ1) is 9.99. The van der Waals surface area contributed by atoms with Crippen molar-refractivity contribution in [3.05, 3.63) is 0 Å². The highest BCUT2D eigenvalue weighted by Gasteiger charge is 2.30. The summed E-state index contributed by atoms with van der Waals surface area (Å²) in [6.07, 6.45) is 7.72. The number of carbonyl (C=O) groups excluding carboxylic acids is 1. The van der Waals surface area contributed by atoms with E-state index in [1.807, 2.05) is 13.8 Å². The van der Waals surface area contributed by atoms with Gasteiger partial charge in [-0.25, -0.2) is 0 Å². The molecular formula is C16H34O3SSi. The summed E-state index contributed by atoms with van der Waals surface area (Å²) in [4.78, 5) is 11.6. The van der Waals surface area contributed by atoms with Crippen LogP contribution in [0.25, 0.3) is 0 Å². The summed E-state index contributed by atoms with van der Waals surface area (Å²) >= 11 is 4.06. The van der Waals surface area contributed by atoms with Gasteiger partial charge in [-0.05, 0) is 39.3 Å². The molecule has 0 N–H and O–H groups in total. The molecule has 1 unspecified atom stereocenters. The number of rotatable bonds is 14. The molecule has 0 bridgehead atoms. The van der Waals surface area contributed by atoms with Crippen molar-refractivity contribution in [2.24, 2.45) is 5.92 Å². The van der Waals surface area contributed by atoms with Crippen LogP contribution >= 0.6 is 12.6 Å². The Hall–Kier alpha value is 0.157. The summed E-state index contributed by atoms with van der Waals surface area (Å²) < 4.78 is 11.7. The van der Waals surface area contributed by atoms with Gasteiger partial charge in [0.05, 0.1) is 0 Å². The van der Waals surface area contributed by atoms with E-state index in [1.54, 1.807) is 0 Å². The second-order valence-electron chi connectivity index (χ2n) is 5.78. The molecule has 0 aromatic heterocycles. The number of thiol groups is 1. The van der Waals surface area contributed by atoms with E-state index < -0.39 is 8.56 Å². The fraction of sp³-hybridized carbons (Fsp3) is 0.938. The van der Waals surface area contributed by atoms with Gasteiger partial charge in [0.25, 0.3) is 0 Å². The molecule has 3 nitrogen and oxygen atoms in total. The van der Waals surface area contributed by atoms with Gasteiger partial charge in [0, 0.05) is 19.1 Å². The zero-order chi connectivity index (χ0) is 16.1. The zero-order valence-electron chi connectivity index (χ0n) is 14.3. The van der Waals surface area contributed by atoms with E-state index in [-0.39, 0.29) is 11.0 Å². The van der Waals surface area contributed by atoms with Gasteiger partial charge in [-0.1, -0.05) is 39.0 Å². The van der Waals surface area contributed by atoms with Gasteiger partial charge in [0.15, 0.2) is 5.12 Å². The van der Waals surface area contributed by atoms with Crippen LogP contribution < -0.4 is 0 Å². The van der Waals surface area contributed by atoms with E-state index in [1.165, 1.54) is 19.3 Å². The molecule has 0 fully saturated rings. The van der Waals surface area contributed by atoms with Crippen LogP contribution in [0.5, 0.6) is 0 Å². The van der Waals surface area contributed by atoms with Crippen molar-refractivity contribution in [1.29, 1.82) is 0 Å². The molecule has 0 aliphatic carbocycles. The minimum Gasteiger partial charge on any atom is -0.395 e. The molecule has 21 heavy (non-hydrogen) atoms. The van der Waals surface area contributed by atoms with Crippen LogP contribution in [0.4, 0.5) is 0 Å². The van der Waals surface area contributed by atoms with Crippen LogP contribution in [0, 0.1) is 5.92 Å². The van der Waals surface area contributed by atoms with E-state index in [2.05, 4.69) is 26.1 Å². The van der Waals surface area contributed by atoms with Crippen molar-refractivity contribution in [3.8, 4) is 0 Å². The standard InChI is InChI=1S/C16H34O3SSi/c1-5-8-9-10-12-15(16(17)20)13-11-14-21(4,18-6-2)19-7-3/h15H,5-14H2,1-4H3,(H,17,20). The van der Waals surface area contributed by atoms with E-state index in [9.17, 15) is 4.79 Å². The third-order valence-electron chi connectivity index (χ3n) is 3.84. The van der Waals surface area contributed by atoms with E-state index in [0.717, 1.165) is 31.7 Å². The summed E-state index contributed by atoms with van der Waals surface area (Å²) in [6, 6.07) is 0.960. The molecule has 5 heteroatoms. The van der Waals surface area contributed by atoms with Crippen molar-refractivity contribution >= 4 is 26.3 Å². The van der Waals surface area contributed by atoms with Crippen molar-refractivity contribution in [1.82, 2.24) is 0 Å². The van der Waals surface area contributed by atoms with Gasteiger partial charge in [-0.3, -0.25) is 4.79 Å². The molecular weight excluding hydrogens is 300 g/mol. The van der Waals surface area contributed by atoms with Gasteiger partial charge in [-0.2, -0.15) is 0 Å². The Morgan fingerprint density at radius 1 is 1.00 bits per heavy atom. The van der Waals surface area contributed by atoms with Crippen molar-refractivity contribution < 1.29 is 13.6 Å². The zero-order valence-corrected chi connectivity index (χ0v) is 16.2. The van der Waals surface area contributed by atoms with Gasteiger partial charge < -0.3 is 8.85 Å². The average molecular weight is 335 g/mol. The lowest BCUT2D eigenvalue weighted by molar-refractivity contribution is -0.114. The summed E-state index contributed by atoms with van der Waals surface area (Å²) in [6.45, 7) is 9.76. The SMILES string of the molecule is CCCCCCC(CCC[Si](C)(OCC)OCC)C(=O)S. The van der Waals surface area contributed by atoms with E-state index in [4.69, 9.17) is 8.85 Å². The summed E-state index contributed by atoms with van der Waals surface area (Å²) in [5.41, 5.74) is 0. The smallest absolute Gasteiger partial charge is 0.334 e. The van der Waals surface area contributed by atoms with Crippen LogP contribution in [-0.2, 0) is 13.6 Å².